The lowest BCUT2D eigenvalue weighted by Crippen LogP contribution is -2.30. The summed E-state index contributed by atoms with van der Waals surface area (Å²) < 4.78 is 0. The molecule has 1 fully saturated rings. The van der Waals surface area contributed by atoms with Gasteiger partial charge in [-0.2, -0.15) is 5.10 Å². The summed E-state index contributed by atoms with van der Waals surface area (Å²) in [6.07, 6.45) is 2.33. The highest BCUT2D eigenvalue weighted by atomic mass is 35.5. The van der Waals surface area contributed by atoms with Crippen LogP contribution in [-0.4, -0.2) is 35.2 Å². The molecular formula is C25H22ClN3O2S. The first kappa shape index (κ1) is 22.1. The second kappa shape index (κ2) is 10.5. The maximum absolute atomic E-state index is 12.4. The first-order valence-electron chi connectivity index (χ1n) is 10.2. The molecule has 1 heterocycles. The van der Waals surface area contributed by atoms with Gasteiger partial charge in [-0.3, -0.25) is 9.59 Å². The molecule has 5 nitrogen and oxygen atoms in total. The van der Waals surface area contributed by atoms with E-state index in [1.54, 1.807) is 30.0 Å². The highest BCUT2D eigenvalue weighted by molar-refractivity contribution is 8.00. The fourth-order valence-electron chi connectivity index (χ4n) is 3.47. The van der Waals surface area contributed by atoms with Crippen LogP contribution in [-0.2, 0) is 11.2 Å². The van der Waals surface area contributed by atoms with Crippen LogP contribution in [0.4, 0.5) is 0 Å². The summed E-state index contributed by atoms with van der Waals surface area (Å²) in [6, 6.07) is 24.7. The minimum atomic E-state index is -0.309. The number of nitrogens with zero attached hydrogens (tertiary/aromatic N) is 2. The van der Waals surface area contributed by atoms with Crippen molar-refractivity contribution in [1.29, 1.82) is 0 Å². The van der Waals surface area contributed by atoms with E-state index >= 15 is 0 Å². The van der Waals surface area contributed by atoms with E-state index in [2.05, 4.69) is 22.7 Å². The van der Waals surface area contributed by atoms with Gasteiger partial charge >= 0.3 is 0 Å². The fourth-order valence-corrected chi connectivity index (χ4v) is 4.87. The quantitative estimate of drug-likeness (QED) is 0.399. The topological polar surface area (TPSA) is 61.8 Å². The Hall–Kier alpha value is -3.09. The van der Waals surface area contributed by atoms with E-state index in [0.717, 1.165) is 17.5 Å². The van der Waals surface area contributed by atoms with Crippen LogP contribution < -0.4 is 5.43 Å². The Morgan fingerprint density at radius 2 is 1.78 bits per heavy atom. The van der Waals surface area contributed by atoms with Gasteiger partial charge in [0.1, 0.15) is 5.37 Å². The van der Waals surface area contributed by atoms with Crippen molar-refractivity contribution in [1.82, 2.24) is 10.3 Å². The van der Waals surface area contributed by atoms with Gasteiger partial charge in [0.2, 0.25) is 5.91 Å². The molecule has 3 aromatic rings. The monoisotopic (exact) mass is 463 g/mol. The smallest absolute Gasteiger partial charge is 0.271 e. The Balaban J connectivity index is 1.38. The second-order valence-electron chi connectivity index (χ2n) is 7.33. The van der Waals surface area contributed by atoms with Gasteiger partial charge in [0.05, 0.1) is 12.0 Å². The average molecular weight is 464 g/mol. The summed E-state index contributed by atoms with van der Waals surface area (Å²) in [7, 11) is 0. The van der Waals surface area contributed by atoms with Crippen molar-refractivity contribution in [3.05, 3.63) is 106 Å². The lowest BCUT2D eigenvalue weighted by Gasteiger charge is -2.24. The van der Waals surface area contributed by atoms with Crippen molar-refractivity contribution in [2.75, 3.05) is 12.3 Å². The molecule has 3 aromatic carbocycles. The van der Waals surface area contributed by atoms with E-state index in [9.17, 15) is 9.59 Å². The van der Waals surface area contributed by atoms with E-state index in [1.165, 1.54) is 11.8 Å². The van der Waals surface area contributed by atoms with Gasteiger partial charge in [-0.15, -0.1) is 11.8 Å². The van der Waals surface area contributed by atoms with Gasteiger partial charge in [-0.1, -0.05) is 72.3 Å². The molecule has 1 aliphatic heterocycles. The van der Waals surface area contributed by atoms with Crippen molar-refractivity contribution in [3.8, 4) is 0 Å². The van der Waals surface area contributed by atoms with Crippen molar-refractivity contribution >= 4 is 41.4 Å². The normalized spacial score (nSPS) is 16.0. The van der Waals surface area contributed by atoms with E-state index in [-0.39, 0.29) is 17.2 Å². The summed E-state index contributed by atoms with van der Waals surface area (Å²) in [5, 5.41) is 4.51. The molecule has 0 unspecified atom stereocenters. The van der Waals surface area contributed by atoms with Gasteiger partial charge in [-0.05, 0) is 35.7 Å². The average Bonchev–Trinajstić information content (AvgIpc) is 3.20. The molecule has 1 N–H and O–H groups in total. The molecule has 0 aliphatic carbocycles. The number of amides is 2. The number of hydrazone groups is 1. The van der Waals surface area contributed by atoms with Crippen LogP contribution in [0.2, 0.25) is 5.02 Å². The molecule has 1 aliphatic rings. The van der Waals surface area contributed by atoms with Gasteiger partial charge in [0, 0.05) is 22.7 Å². The molecule has 0 bridgehead atoms. The van der Waals surface area contributed by atoms with Gasteiger partial charge in [-0.25, -0.2) is 5.43 Å². The molecule has 32 heavy (non-hydrogen) atoms. The van der Waals surface area contributed by atoms with Crippen molar-refractivity contribution < 1.29 is 9.59 Å². The summed E-state index contributed by atoms with van der Waals surface area (Å²) in [5.41, 5.74) is 5.95. The van der Waals surface area contributed by atoms with E-state index < -0.39 is 0 Å². The third-order valence-electron chi connectivity index (χ3n) is 5.19. The molecule has 0 saturated carbocycles. The lowest BCUT2D eigenvalue weighted by atomic mass is 10.1. The van der Waals surface area contributed by atoms with Crippen molar-refractivity contribution in [2.45, 2.75) is 11.8 Å². The van der Waals surface area contributed by atoms with Crippen LogP contribution in [0, 0.1) is 0 Å². The lowest BCUT2D eigenvalue weighted by molar-refractivity contribution is -0.128. The van der Waals surface area contributed by atoms with Crippen LogP contribution in [0.15, 0.2) is 84.0 Å². The first-order chi connectivity index (χ1) is 15.6. The molecule has 0 spiro atoms. The molecule has 4 rings (SSSR count). The number of hydrogen-bond donors (Lipinski definition) is 1. The summed E-state index contributed by atoms with van der Waals surface area (Å²) in [6.45, 7) is 0.666. The predicted molar refractivity (Wildman–Crippen MR) is 130 cm³/mol. The first-order valence-corrected chi connectivity index (χ1v) is 11.7. The van der Waals surface area contributed by atoms with Crippen LogP contribution in [0.1, 0.15) is 32.4 Å². The maximum Gasteiger partial charge on any atom is 0.271 e. The van der Waals surface area contributed by atoms with Crippen molar-refractivity contribution in [3.63, 3.8) is 0 Å². The molecule has 0 radical (unpaired) electrons. The molecular weight excluding hydrogens is 442 g/mol. The standard InChI is InChI=1S/C25H22ClN3O2S/c26-22-9-5-4-8-21(22)16-27-28-24(31)19-10-12-20(13-11-19)25-29(23(30)17-32-25)15-14-18-6-2-1-3-7-18/h1-13,16,25H,14-15,17H2,(H,28,31)/b27-16-/t25-/m1/s1. The van der Waals surface area contributed by atoms with Crippen molar-refractivity contribution in [2.24, 2.45) is 5.10 Å². The third kappa shape index (κ3) is 5.39. The Labute approximate surface area is 196 Å². The number of carbonyl (C=O) groups excluding carboxylic acids is 2. The van der Waals surface area contributed by atoms with Gasteiger partial charge in [0.25, 0.3) is 5.91 Å². The van der Waals surface area contributed by atoms with Crippen LogP contribution >= 0.6 is 23.4 Å². The zero-order valence-electron chi connectivity index (χ0n) is 17.3. The number of thioether (sulfide) groups is 1. The molecule has 0 aromatic heterocycles. The van der Waals surface area contributed by atoms with Gasteiger partial charge < -0.3 is 4.90 Å². The summed E-state index contributed by atoms with van der Waals surface area (Å²) in [4.78, 5) is 26.7. The number of benzene rings is 3. The molecule has 1 atom stereocenters. The largest absolute Gasteiger partial charge is 0.326 e. The minimum Gasteiger partial charge on any atom is -0.326 e. The number of halogens is 1. The Kier molecular flexibility index (Phi) is 7.24. The summed E-state index contributed by atoms with van der Waals surface area (Å²) in [5.74, 6) is 0.306. The molecule has 1 saturated heterocycles. The maximum atomic E-state index is 12.4. The second-order valence-corrected chi connectivity index (χ2v) is 8.80. The SMILES string of the molecule is O=C(N/N=C\c1ccccc1Cl)c1ccc([C@H]2SCC(=O)N2CCc2ccccc2)cc1. The highest BCUT2D eigenvalue weighted by Crippen LogP contribution is 2.38. The van der Waals surface area contributed by atoms with Crippen LogP contribution in [0.25, 0.3) is 0 Å². The Morgan fingerprint density at radius 1 is 1.06 bits per heavy atom. The minimum absolute atomic E-state index is 0.0402. The van der Waals surface area contributed by atoms with E-state index in [1.807, 2.05) is 53.4 Å². The number of hydrogen-bond acceptors (Lipinski definition) is 4. The number of nitrogens with one attached hydrogen (secondary N) is 1. The zero-order chi connectivity index (χ0) is 22.3. The highest BCUT2D eigenvalue weighted by Gasteiger charge is 2.32. The Bertz CT molecular complexity index is 1120. The molecule has 162 valence electrons. The Morgan fingerprint density at radius 3 is 2.53 bits per heavy atom. The zero-order valence-corrected chi connectivity index (χ0v) is 18.9. The number of rotatable bonds is 7. The molecule has 2 amide bonds. The molecule has 7 heteroatoms. The third-order valence-corrected chi connectivity index (χ3v) is 6.79. The number of carbonyl (C=O) groups is 2. The van der Waals surface area contributed by atoms with Gasteiger partial charge in [0.15, 0.2) is 0 Å². The summed E-state index contributed by atoms with van der Waals surface area (Å²) >= 11 is 7.70. The predicted octanol–water partition coefficient (Wildman–Crippen LogP) is 4.92. The van der Waals surface area contributed by atoms with Crippen LogP contribution in [0.5, 0.6) is 0 Å². The van der Waals surface area contributed by atoms with E-state index in [4.69, 9.17) is 11.6 Å². The fraction of sp³-hybridized carbons (Fsp3) is 0.160. The van der Waals surface area contributed by atoms with Crippen LogP contribution in [0.3, 0.4) is 0 Å². The van der Waals surface area contributed by atoms with E-state index in [0.29, 0.717) is 22.9 Å².